The van der Waals surface area contributed by atoms with E-state index in [1.165, 1.54) is 24.3 Å². The van der Waals surface area contributed by atoms with Gasteiger partial charge in [0.1, 0.15) is 0 Å². The zero-order valence-corrected chi connectivity index (χ0v) is 11.8. The molecule has 0 spiro atoms. The fourth-order valence-electron chi connectivity index (χ4n) is 2.33. The minimum Gasteiger partial charge on any atom is -0.381 e. The Morgan fingerprint density at radius 2 is 1.84 bits per heavy atom. The van der Waals surface area contributed by atoms with Gasteiger partial charge in [0.15, 0.2) is 0 Å². The zero-order valence-electron chi connectivity index (χ0n) is 11.0. The molecule has 1 unspecified atom stereocenters. The molecule has 0 aromatic heterocycles. The SMILES string of the molecule is O=C(Nc1ccc(NC2CCCSC2)cc1)C1CC1. The largest absolute Gasteiger partial charge is 0.381 e. The zero-order chi connectivity index (χ0) is 13.1. The molecule has 2 aliphatic rings. The monoisotopic (exact) mass is 276 g/mol. The van der Waals surface area contributed by atoms with Gasteiger partial charge in [0.05, 0.1) is 0 Å². The molecule has 1 aliphatic heterocycles. The molecule has 1 atom stereocenters. The smallest absolute Gasteiger partial charge is 0.227 e. The van der Waals surface area contributed by atoms with Crippen LogP contribution in [-0.2, 0) is 4.79 Å². The fraction of sp³-hybridized carbons (Fsp3) is 0.533. The highest BCUT2D eigenvalue weighted by molar-refractivity contribution is 7.99. The van der Waals surface area contributed by atoms with Crippen LogP contribution in [0, 0.1) is 5.92 Å². The van der Waals surface area contributed by atoms with Crippen LogP contribution in [-0.4, -0.2) is 23.5 Å². The Morgan fingerprint density at radius 1 is 1.11 bits per heavy atom. The second kappa shape index (κ2) is 5.87. The molecule has 1 aromatic carbocycles. The summed E-state index contributed by atoms with van der Waals surface area (Å²) in [5.41, 5.74) is 2.05. The van der Waals surface area contributed by atoms with E-state index in [0.717, 1.165) is 24.2 Å². The third-order valence-electron chi connectivity index (χ3n) is 3.63. The van der Waals surface area contributed by atoms with E-state index in [2.05, 4.69) is 22.8 Å². The summed E-state index contributed by atoms with van der Waals surface area (Å²) in [5.74, 6) is 2.92. The number of thioether (sulfide) groups is 1. The summed E-state index contributed by atoms with van der Waals surface area (Å²) < 4.78 is 0. The van der Waals surface area contributed by atoms with Gasteiger partial charge >= 0.3 is 0 Å². The Kier molecular flexibility index (Phi) is 3.97. The lowest BCUT2D eigenvalue weighted by molar-refractivity contribution is -0.117. The van der Waals surface area contributed by atoms with E-state index >= 15 is 0 Å². The quantitative estimate of drug-likeness (QED) is 0.886. The van der Waals surface area contributed by atoms with Gasteiger partial charge in [-0.2, -0.15) is 11.8 Å². The first-order chi connectivity index (χ1) is 9.31. The first kappa shape index (κ1) is 12.9. The van der Waals surface area contributed by atoms with Crippen LogP contribution in [0.1, 0.15) is 25.7 Å². The molecule has 0 bridgehead atoms. The van der Waals surface area contributed by atoms with E-state index in [-0.39, 0.29) is 11.8 Å². The molecule has 2 fully saturated rings. The summed E-state index contributed by atoms with van der Waals surface area (Å²) in [7, 11) is 0. The Balaban J connectivity index is 1.54. The Hall–Kier alpha value is -1.16. The van der Waals surface area contributed by atoms with Crippen LogP contribution in [0.2, 0.25) is 0 Å². The number of benzene rings is 1. The second-order valence-corrected chi connectivity index (χ2v) is 6.55. The number of rotatable bonds is 4. The molecule has 1 amide bonds. The van der Waals surface area contributed by atoms with Crippen LogP contribution in [0.4, 0.5) is 11.4 Å². The topological polar surface area (TPSA) is 41.1 Å². The maximum atomic E-state index is 11.6. The molecule has 4 heteroatoms. The van der Waals surface area contributed by atoms with Gasteiger partial charge in [-0.3, -0.25) is 4.79 Å². The standard InChI is InChI=1S/C15H20N2OS/c18-15(11-3-4-11)17-13-7-5-12(6-8-13)16-14-2-1-9-19-10-14/h5-8,11,14,16H,1-4,9-10H2,(H,17,18). The maximum Gasteiger partial charge on any atom is 0.227 e. The third kappa shape index (κ3) is 3.66. The summed E-state index contributed by atoms with van der Waals surface area (Å²) in [4.78, 5) is 11.6. The lowest BCUT2D eigenvalue weighted by Crippen LogP contribution is -2.25. The van der Waals surface area contributed by atoms with Crippen molar-refractivity contribution in [3.63, 3.8) is 0 Å². The van der Waals surface area contributed by atoms with Crippen molar-refractivity contribution in [3.8, 4) is 0 Å². The van der Waals surface area contributed by atoms with E-state index in [4.69, 9.17) is 0 Å². The van der Waals surface area contributed by atoms with Gasteiger partial charge in [-0.15, -0.1) is 0 Å². The van der Waals surface area contributed by atoms with Crippen LogP contribution < -0.4 is 10.6 Å². The number of hydrogen-bond donors (Lipinski definition) is 2. The average molecular weight is 276 g/mol. The van der Waals surface area contributed by atoms with Gasteiger partial charge in [-0.1, -0.05) is 0 Å². The summed E-state index contributed by atoms with van der Waals surface area (Å²) in [6.07, 6.45) is 4.65. The molecular weight excluding hydrogens is 256 g/mol. The number of amides is 1. The molecule has 3 nitrogen and oxygen atoms in total. The van der Waals surface area contributed by atoms with Gasteiger partial charge in [-0.05, 0) is 55.7 Å². The van der Waals surface area contributed by atoms with Crippen molar-refractivity contribution in [2.75, 3.05) is 22.1 Å². The van der Waals surface area contributed by atoms with Gasteiger partial charge in [0.25, 0.3) is 0 Å². The van der Waals surface area contributed by atoms with Crippen molar-refractivity contribution in [2.24, 2.45) is 5.92 Å². The normalized spacial score (nSPS) is 22.8. The van der Waals surface area contributed by atoms with E-state index in [1.54, 1.807) is 0 Å². The highest BCUT2D eigenvalue weighted by atomic mass is 32.2. The van der Waals surface area contributed by atoms with Crippen molar-refractivity contribution in [2.45, 2.75) is 31.7 Å². The highest BCUT2D eigenvalue weighted by Crippen LogP contribution is 2.30. The summed E-state index contributed by atoms with van der Waals surface area (Å²) >= 11 is 2.02. The van der Waals surface area contributed by atoms with Gasteiger partial charge < -0.3 is 10.6 Å². The summed E-state index contributed by atoms with van der Waals surface area (Å²) in [6, 6.07) is 8.67. The molecule has 1 saturated heterocycles. The predicted molar refractivity (Wildman–Crippen MR) is 81.8 cm³/mol. The van der Waals surface area contributed by atoms with Crippen LogP contribution in [0.15, 0.2) is 24.3 Å². The molecule has 0 radical (unpaired) electrons. The average Bonchev–Trinajstić information content (AvgIpc) is 3.27. The van der Waals surface area contributed by atoms with Gasteiger partial charge in [-0.25, -0.2) is 0 Å². The van der Waals surface area contributed by atoms with Crippen molar-refractivity contribution in [3.05, 3.63) is 24.3 Å². The molecule has 102 valence electrons. The molecule has 1 heterocycles. The van der Waals surface area contributed by atoms with Crippen molar-refractivity contribution in [1.29, 1.82) is 0 Å². The van der Waals surface area contributed by atoms with Crippen molar-refractivity contribution in [1.82, 2.24) is 0 Å². The Bertz CT molecular complexity index is 436. The number of carbonyl (C=O) groups excluding carboxylic acids is 1. The van der Waals surface area contributed by atoms with E-state index in [1.807, 2.05) is 23.9 Å². The maximum absolute atomic E-state index is 11.6. The minimum atomic E-state index is 0.171. The molecule has 1 aromatic rings. The lowest BCUT2D eigenvalue weighted by Gasteiger charge is -2.23. The Labute approximate surface area is 118 Å². The van der Waals surface area contributed by atoms with Crippen LogP contribution in [0.5, 0.6) is 0 Å². The van der Waals surface area contributed by atoms with Gasteiger partial charge in [0, 0.05) is 29.1 Å². The van der Waals surface area contributed by atoms with E-state index in [9.17, 15) is 4.79 Å². The van der Waals surface area contributed by atoms with Crippen LogP contribution >= 0.6 is 11.8 Å². The van der Waals surface area contributed by atoms with Crippen LogP contribution in [0.25, 0.3) is 0 Å². The lowest BCUT2D eigenvalue weighted by atomic mass is 10.1. The van der Waals surface area contributed by atoms with E-state index < -0.39 is 0 Å². The third-order valence-corrected chi connectivity index (χ3v) is 4.85. The number of anilines is 2. The number of carbonyl (C=O) groups is 1. The van der Waals surface area contributed by atoms with E-state index in [0.29, 0.717) is 6.04 Å². The van der Waals surface area contributed by atoms with Gasteiger partial charge in [0.2, 0.25) is 5.91 Å². The predicted octanol–water partition coefficient (Wildman–Crippen LogP) is 3.34. The Morgan fingerprint density at radius 3 is 2.47 bits per heavy atom. The number of nitrogens with one attached hydrogen (secondary N) is 2. The molecule has 1 saturated carbocycles. The molecular formula is C15H20N2OS. The minimum absolute atomic E-state index is 0.171. The molecule has 2 N–H and O–H groups in total. The first-order valence-corrected chi connectivity index (χ1v) is 8.22. The fourth-order valence-corrected chi connectivity index (χ4v) is 3.40. The molecule has 1 aliphatic carbocycles. The van der Waals surface area contributed by atoms with Crippen molar-refractivity contribution >= 4 is 29.0 Å². The number of hydrogen-bond acceptors (Lipinski definition) is 3. The highest BCUT2D eigenvalue weighted by Gasteiger charge is 2.29. The summed E-state index contributed by atoms with van der Waals surface area (Å²) in [6.45, 7) is 0. The second-order valence-electron chi connectivity index (χ2n) is 5.40. The van der Waals surface area contributed by atoms with Crippen molar-refractivity contribution < 1.29 is 4.79 Å². The first-order valence-electron chi connectivity index (χ1n) is 7.06. The summed E-state index contributed by atoms with van der Waals surface area (Å²) in [5, 5.41) is 6.53. The molecule has 19 heavy (non-hydrogen) atoms. The molecule has 3 rings (SSSR count). The van der Waals surface area contributed by atoms with Crippen LogP contribution in [0.3, 0.4) is 0 Å².